The van der Waals surface area contributed by atoms with Crippen molar-refractivity contribution in [3.63, 3.8) is 0 Å². The molecule has 1 aromatic carbocycles. The van der Waals surface area contributed by atoms with Crippen LogP contribution in [0, 0.1) is 18.3 Å². The zero-order valence-corrected chi connectivity index (χ0v) is 11.5. The molecule has 0 spiro atoms. The fourth-order valence-corrected chi connectivity index (χ4v) is 2.03. The van der Waals surface area contributed by atoms with Crippen LogP contribution in [0.4, 0.5) is 0 Å². The van der Waals surface area contributed by atoms with E-state index in [2.05, 4.69) is 28.9 Å². The minimum Gasteiger partial charge on any atom is -0.192 e. The van der Waals surface area contributed by atoms with Crippen molar-refractivity contribution in [3.05, 3.63) is 33.3 Å². The Kier molecular flexibility index (Phi) is 7.07. The number of benzene rings is 1. The number of hydrogen-bond acceptors (Lipinski definition) is 1. The number of nitrogens with zero attached hydrogens (tertiary/aromatic N) is 1. The fourth-order valence-electron chi connectivity index (χ4n) is 1.40. The van der Waals surface area contributed by atoms with Gasteiger partial charge in [0.15, 0.2) is 0 Å². The highest BCUT2D eigenvalue weighted by atomic mass is 79.9. The lowest BCUT2D eigenvalue weighted by molar-refractivity contribution is 0.906. The molecule has 0 aliphatic rings. The van der Waals surface area contributed by atoms with Gasteiger partial charge in [-0.15, -0.1) is 0 Å². The zero-order chi connectivity index (χ0) is 11.8. The standard InChI is InChI=1S/C11H12BrN.C2H6/c1-3-4-10-8(2)9(7-13)5-6-11(10)12;1-2/h5-6H,3-4H2,1-2H3;1-2H3. The van der Waals surface area contributed by atoms with Crippen LogP contribution in [0.25, 0.3) is 0 Å². The molecule has 15 heavy (non-hydrogen) atoms. The third-order valence-electron chi connectivity index (χ3n) is 2.16. The largest absolute Gasteiger partial charge is 0.192 e. The lowest BCUT2D eigenvalue weighted by atomic mass is 10.00. The van der Waals surface area contributed by atoms with Crippen molar-refractivity contribution >= 4 is 15.9 Å². The van der Waals surface area contributed by atoms with Crippen LogP contribution < -0.4 is 0 Å². The summed E-state index contributed by atoms with van der Waals surface area (Å²) in [5, 5.41) is 8.84. The lowest BCUT2D eigenvalue weighted by Crippen LogP contribution is -1.93. The molecule has 0 bridgehead atoms. The van der Waals surface area contributed by atoms with Crippen LogP contribution >= 0.6 is 15.9 Å². The van der Waals surface area contributed by atoms with Gasteiger partial charge in [0.25, 0.3) is 0 Å². The van der Waals surface area contributed by atoms with Gasteiger partial charge in [0.05, 0.1) is 11.6 Å². The number of halogens is 1. The van der Waals surface area contributed by atoms with Gasteiger partial charge in [-0.1, -0.05) is 43.1 Å². The van der Waals surface area contributed by atoms with E-state index in [9.17, 15) is 0 Å². The summed E-state index contributed by atoms with van der Waals surface area (Å²) in [6.45, 7) is 8.15. The summed E-state index contributed by atoms with van der Waals surface area (Å²) in [6, 6.07) is 6.02. The van der Waals surface area contributed by atoms with E-state index in [4.69, 9.17) is 5.26 Å². The second kappa shape index (κ2) is 7.48. The van der Waals surface area contributed by atoms with Crippen molar-refractivity contribution < 1.29 is 0 Å². The highest BCUT2D eigenvalue weighted by Gasteiger charge is 2.06. The van der Waals surface area contributed by atoms with E-state index in [0.29, 0.717) is 0 Å². The number of hydrogen-bond donors (Lipinski definition) is 0. The summed E-state index contributed by atoms with van der Waals surface area (Å²) in [4.78, 5) is 0. The molecule has 0 saturated heterocycles. The SMILES string of the molecule is CC.CCCc1c(Br)ccc(C#N)c1C. The van der Waals surface area contributed by atoms with Crippen LogP contribution in [-0.4, -0.2) is 0 Å². The van der Waals surface area contributed by atoms with Gasteiger partial charge in [-0.25, -0.2) is 0 Å². The molecule has 0 aliphatic heterocycles. The van der Waals surface area contributed by atoms with E-state index >= 15 is 0 Å². The summed E-state index contributed by atoms with van der Waals surface area (Å²) < 4.78 is 1.12. The number of rotatable bonds is 2. The normalized spacial score (nSPS) is 8.80. The van der Waals surface area contributed by atoms with Gasteiger partial charge in [0.1, 0.15) is 0 Å². The van der Waals surface area contributed by atoms with Crippen LogP contribution in [-0.2, 0) is 6.42 Å². The Bertz CT molecular complexity index is 350. The Balaban J connectivity index is 0.000000921. The predicted molar refractivity (Wildman–Crippen MR) is 68.9 cm³/mol. The third kappa shape index (κ3) is 3.68. The van der Waals surface area contributed by atoms with E-state index in [0.717, 1.165) is 28.4 Å². The van der Waals surface area contributed by atoms with E-state index in [1.165, 1.54) is 5.56 Å². The van der Waals surface area contributed by atoms with Gasteiger partial charge >= 0.3 is 0 Å². The first-order valence-corrected chi connectivity index (χ1v) is 6.18. The number of nitriles is 1. The summed E-state index contributed by atoms with van der Waals surface area (Å²) in [5.74, 6) is 0. The van der Waals surface area contributed by atoms with Gasteiger partial charge < -0.3 is 0 Å². The first-order chi connectivity index (χ1) is 7.20. The average Bonchev–Trinajstić information content (AvgIpc) is 2.27. The van der Waals surface area contributed by atoms with E-state index in [1.807, 2.05) is 32.9 Å². The van der Waals surface area contributed by atoms with Gasteiger partial charge in [-0.3, -0.25) is 0 Å². The summed E-state index contributed by atoms with van der Waals surface area (Å²) in [5.41, 5.74) is 3.16. The topological polar surface area (TPSA) is 23.8 Å². The molecular formula is C13H18BrN. The van der Waals surface area contributed by atoms with Crippen LogP contribution in [0.15, 0.2) is 16.6 Å². The van der Waals surface area contributed by atoms with Crippen molar-refractivity contribution in [1.82, 2.24) is 0 Å². The van der Waals surface area contributed by atoms with Gasteiger partial charge in [-0.2, -0.15) is 5.26 Å². The monoisotopic (exact) mass is 267 g/mol. The Morgan fingerprint density at radius 3 is 2.40 bits per heavy atom. The maximum atomic E-state index is 8.84. The molecule has 1 nitrogen and oxygen atoms in total. The van der Waals surface area contributed by atoms with Crippen molar-refractivity contribution in [2.24, 2.45) is 0 Å². The minimum atomic E-state index is 0.784. The Labute approximate surface area is 101 Å². The molecule has 0 fully saturated rings. The van der Waals surface area contributed by atoms with Crippen LogP contribution in [0.2, 0.25) is 0 Å². The maximum absolute atomic E-state index is 8.84. The van der Waals surface area contributed by atoms with E-state index in [1.54, 1.807) is 0 Å². The van der Waals surface area contributed by atoms with Crippen LogP contribution in [0.1, 0.15) is 43.9 Å². The molecule has 1 aromatic rings. The average molecular weight is 268 g/mol. The fraction of sp³-hybridized carbons (Fsp3) is 0.462. The lowest BCUT2D eigenvalue weighted by Gasteiger charge is -2.08. The maximum Gasteiger partial charge on any atom is 0.0994 e. The Hall–Kier alpha value is -0.810. The molecule has 0 atom stereocenters. The molecular weight excluding hydrogens is 250 g/mol. The molecule has 82 valence electrons. The van der Waals surface area contributed by atoms with Crippen molar-refractivity contribution in [2.45, 2.75) is 40.5 Å². The quantitative estimate of drug-likeness (QED) is 0.768. The highest BCUT2D eigenvalue weighted by molar-refractivity contribution is 9.10. The van der Waals surface area contributed by atoms with Gasteiger partial charge in [0, 0.05) is 4.47 Å². The molecule has 0 aliphatic carbocycles. The van der Waals surface area contributed by atoms with E-state index in [-0.39, 0.29) is 0 Å². The molecule has 0 N–H and O–H groups in total. The molecule has 0 amide bonds. The molecule has 0 saturated carbocycles. The Morgan fingerprint density at radius 1 is 1.33 bits per heavy atom. The van der Waals surface area contributed by atoms with E-state index < -0.39 is 0 Å². The second-order valence-electron chi connectivity index (χ2n) is 3.06. The van der Waals surface area contributed by atoms with Crippen molar-refractivity contribution in [2.75, 3.05) is 0 Å². The summed E-state index contributed by atoms with van der Waals surface area (Å²) in [6.07, 6.45) is 2.14. The predicted octanol–water partition coefficient (Wildman–Crippen LogP) is 4.61. The second-order valence-corrected chi connectivity index (χ2v) is 3.91. The van der Waals surface area contributed by atoms with Crippen molar-refractivity contribution in [1.29, 1.82) is 5.26 Å². The third-order valence-corrected chi connectivity index (χ3v) is 2.90. The highest BCUT2D eigenvalue weighted by Crippen LogP contribution is 2.24. The zero-order valence-electron chi connectivity index (χ0n) is 9.89. The van der Waals surface area contributed by atoms with Gasteiger partial charge in [-0.05, 0) is 36.6 Å². The Morgan fingerprint density at radius 2 is 1.93 bits per heavy atom. The van der Waals surface area contributed by atoms with Crippen LogP contribution in [0.5, 0.6) is 0 Å². The summed E-state index contributed by atoms with van der Waals surface area (Å²) in [7, 11) is 0. The molecule has 0 unspecified atom stereocenters. The van der Waals surface area contributed by atoms with Crippen molar-refractivity contribution in [3.8, 4) is 6.07 Å². The smallest absolute Gasteiger partial charge is 0.0994 e. The molecule has 1 rings (SSSR count). The molecule has 0 radical (unpaired) electrons. The minimum absolute atomic E-state index is 0.784. The molecule has 2 heteroatoms. The summed E-state index contributed by atoms with van der Waals surface area (Å²) >= 11 is 3.50. The molecule has 0 aromatic heterocycles. The first kappa shape index (κ1) is 14.2. The first-order valence-electron chi connectivity index (χ1n) is 5.38. The molecule has 0 heterocycles. The van der Waals surface area contributed by atoms with Gasteiger partial charge in [0.2, 0.25) is 0 Å². The van der Waals surface area contributed by atoms with Crippen LogP contribution in [0.3, 0.4) is 0 Å².